The molecule has 9 heteroatoms. The molecule has 0 aromatic carbocycles. The summed E-state index contributed by atoms with van der Waals surface area (Å²) < 4.78 is 23.7. The zero-order valence-electron chi connectivity index (χ0n) is 23.1. The topological polar surface area (TPSA) is 125 Å². The Labute approximate surface area is 218 Å². The number of rotatable bonds is 4. The monoisotopic (exact) mass is 520 g/mol. The Kier molecular flexibility index (Phi) is 7.99. The zero-order chi connectivity index (χ0) is 28.0. The molecule has 0 aromatic heterocycles. The van der Waals surface area contributed by atoms with Crippen LogP contribution in [0.5, 0.6) is 0 Å². The molecule has 2 saturated carbocycles. The first kappa shape index (κ1) is 28.9. The SMILES string of the molecule is C=C1[C@@H](O)CC[C@@]2(C)[C@@H](OC(C)=O)[C@H](OC(C)=O)C3=C(C)[C@@H](OC(C)=O)C[C@H]([C@@H](OC(C)=O)[C@H]12)C3(C)C. The Morgan fingerprint density at radius 3 is 1.95 bits per heavy atom. The van der Waals surface area contributed by atoms with Gasteiger partial charge in [-0.1, -0.05) is 27.4 Å². The van der Waals surface area contributed by atoms with Crippen molar-refractivity contribution in [2.45, 2.75) is 105 Å². The number of aliphatic hydroxyl groups excluding tert-OH is 1. The maximum atomic E-state index is 12.5. The van der Waals surface area contributed by atoms with Gasteiger partial charge < -0.3 is 24.1 Å². The van der Waals surface area contributed by atoms with E-state index in [9.17, 15) is 24.3 Å². The summed E-state index contributed by atoms with van der Waals surface area (Å²) in [6.07, 6.45) is -3.19. The van der Waals surface area contributed by atoms with Gasteiger partial charge in [-0.2, -0.15) is 0 Å². The van der Waals surface area contributed by atoms with Crippen molar-refractivity contribution in [1.82, 2.24) is 0 Å². The van der Waals surface area contributed by atoms with Crippen molar-refractivity contribution in [2.24, 2.45) is 22.7 Å². The predicted molar refractivity (Wildman–Crippen MR) is 133 cm³/mol. The van der Waals surface area contributed by atoms with Crippen LogP contribution >= 0.6 is 0 Å². The molecule has 0 radical (unpaired) electrons. The van der Waals surface area contributed by atoms with Crippen LogP contribution in [0.25, 0.3) is 0 Å². The van der Waals surface area contributed by atoms with Crippen molar-refractivity contribution in [3.8, 4) is 0 Å². The molecule has 0 amide bonds. The molecule has 0 heterocycles. The van der Waals surface area contributed by atoms with E-state index in [4.69, 9.17) is 18.9 Å². The van der Waals surface area contributed by atoms with Crippen molar-refractivity contribution in [3.05, 3.63) is 23.3 Å². The fraction of sp³-hybridized carbons (Fsp3) is 0.714. The van der Waals surface area contributed by atoms with Crippen molar-refractivity contribution in [2.75, 3.05) is 0 Å². The number of carbonyl (C=O) groups excluding carboxylic acids is 4. The van der Waals surface area contributed by atoms with Crippen LogP contribution in [0, 0.1) is 22.7 Å². The molecule has 2 bridgehead atoms. The Hall–Kier alpha value is -2.68. The second kappa shape index (κ2) is 10.2. The summed E-state index contributed by atoms with van der Waals surface area (Å²) in [6, 6.07) is 0. The molecule has 37 heavy (non-hydrogen) atoms. The van der Waals surface area contributed by atoms with E-state index in [-0.39, 0.29) is 0 Å². The predicted octanol–water partition coefficient (Wildman–Crippen LogP) is 3.42. The lowest BCUT2D eigenvalue weighted by atomic mass is 9.49. The molecule has 3 aliphatic rings. The van der Waals surface area contributed by atoms with E-state index in [1.807, 2.05) is 27.7 Å². The molecule has 0 aliphatic heterocycles. The second-order valence-corrected chi connectivity index (χ2v) is 11.5. The first-order valence-electron chi connectivity index (χ1n) is 12.8. The molecule has 0 spiro atoms. The summed E-state index contributed by atoms with van der Waals surface area (Å²) in [6.45, 7) is 17.1. The fourth-order valence-electron chi connectivity index (χ4n) is 7.13. The first-order chi connectivity index (χ1) is 17.0. The molecule has 206 valence electrons. The van der Waals surface area contributed by atoms with Gasteiger partial charge in [0.05, 0.1) is 6.10 Å². The summed E-state index contributed by atoms with van der Waals surface area (Å²) >= 11 is 0. The van der Waals surface area contributed by atoms with Crippen LogP contribution in [0.3, 0.4) is 0 Å². The van der Waals surface area contributed by atoms with Gasteiger partial charge in [-0.3, -0.25) is 19.2 Å². The molecular formula is C28H40O9. The minimum Gasteiger partial charge on any atom is -0.462 e. The number of hydrogen-bond acceptors (Lipinski definition) is 9. The lowest BCUT2D eigenvalue weighted by Crippen LogP contribution is -2.64. The highest BCUT2D eigenvalue weighted by molar-refractivity contribution is 5.69. The van der Waals surface area contributed by atoms with Crippen molar-refractivity contribution in [3.63, 3.8) is 0 Å². The Bertz CT molecular complexity index is 1020. The summed E-state index contributed by atoms with van der Waals surface area (Å²) in [4.78, 5) is 49.5. The van der Waals surface area contributed by atoms with E-state index in [1.165, 1.54) is 27.7 Å². The average molecular weight is 521 g/mol. The summed E-state index contributed by atoms with van der Waals surface area (Å²) in [5.74, 6) is -3.15. The van der Waals surface area contributed by atoms with Crippen LogP contribution in [0.4, 0.5) is 0 Å². The number of carbonyl (C=O) groups is 4. The van der Waals surface area contributed by atoms with Crippen LogP contribution < -0.4 is 0 Å². The maximum Gasteiger partial charge on any atom is 0.303 e. The van der Waals surface area contributed by atoms with Gasteiger partial charge in [-0.15, -0.1) is 0 Å². The van der Waals surface area contributed by atoms with Gasteiger partial charge in [-0.05, 0) is 48.3 Å². The van der Waals surface area contributed by atoms with Gasteiger partial charge in [0.1, 0.15) is 18.3 Å². The standard InChI is InChI=1S/C28H40O9/c1-13-20(33)10-11-28(9)23(13)24(35-16(4)30)19-12-21(34-15(3)29)14(2)22(27(19,7)8)25(36-17(5)31)26(28)37-18(6)32/h19-21,23-26,33H,1,10-12H2,2-9H3/t19-,20+,21+,23+,24-,25-,26+,28-/m1/s1. The number of ether oxygens (including phenoxy) is 4. The number of aliphatic hydroxyl groups is 1. The second-order valence-electron chi connectivity index (χ2n) is 11.5. The van der Waals surface area contributed by atoms with E-state index >= 15 is 0 Å². The quantitative estimate of drug-likeness (QED) is 0.337. The van der Waals surface area contributed by atoms with Gasteiger partial charge in [0.2, 0.25) is 0 Å². The molecular weight excluding hydrogens is 480 g/mol. The molecule has 8 atom stereocenters. The molecule has 0 aromatic rings. The van der Waals surface area contributed by atoms with Gasteiger partial charge in [0, 0.05) is 44.9 Å². The van der Waals surface area contributed by atoms with Crippen LogP contribution in [0.15, 0.2) is 23.3 Å². The van der Waals surface area contributed by atoms with E-state index in [0.29, 0.717) is 36.0 Å². The summed E-state index contributed by atoms with van der Waals surface area (Å²) in [5, 5.41) is 10.9. The highest BCUT2D eigenvalue weighted by Gasteiger charge is 2.64. The van der Waals surface area contributed by atoms with E-state index < -0.39 is 77.1 Å². The number of fused-ring (bicyclic) bond motifs is 3. The summed E-state index contributed by atoms with van der Waals surface area (Å²) in [7, 11) is 0. The molecule has 3 rings (SSSR count). The molecule has 2 fully saturated rings. The normalized spacial score (nSPS) is 36.9. The molecule has 9 nitrogen and oxygen atoms in total. The van der Waals surface area contributed by atoms with E-state index in [1.54, 1.807) is 0 Å². The third kappa shape index (κ3) is 5.19. The minimum absolute atomic E-state index is 0.348. The fourth-order valence-corrected chi connectivity index (χ4v) is 7.13. The van der Waals surface area contributed by atoms with Gasteiger partial charge in [0.25, 0.3) is 0 Å². The molecule has 1 N–H and O–H groups in total. The zero-order valence-corrected chi connectivity index (χ0v) is 23.1. The third-order valence-electron chi connectivity index (χ3n) is 8.62. The molecule has 0 saturated heterocycles. The van der Waals surface area contributed by atoms with E-state index in [0.717, 1.165) is 0 Å². The van der Waals surface area contributed by atoms with Gasteiger partial charge in [0.15, 0.2) is 6.10 Å². The highest BCUT2D eigenvalue weighted by Crippen LogP contribution is 2.61. The number of esters is 4. The van der Waals surface area contributed by atoms with Crippen molar-refractivity contribution >= 4 is 23.9 Å². The highest BCUT2D eigenvalue weighted by atomic mass is 16.6. The average Bonchev–Trinajstić information content (AvgIpc) is 2.74. The smallest absolute Gasteiger partial charge is 0.303 e. The van der Waals surface area contributed by atoms with Gasteiger partial charge in [-0.25, -0.2) is 0 Å². The maximum absolute atomic E-state index is 12.5. The largest absolute Gasteiger partial charge is 0.462 e. The lowest BCUT2D eigenvalue weighted by molar-refractivity contribution is -0.203. The van der Waals surface area contributed by atoms with Crippen LogP contribution in [-0.2, 0) is 38.1 Å². The first-order valence-corrected chi connectivity index (χ1v) is 12.8. The van der Waals surface area contributed by atoms with Crippen molar-refractivity contribution < 1.29 is 43.2 Å². The summed E-state index contributed by atoms with van der Waals surface area (Å²) in [5.41, 5.74) is 0.191. The van der Waals surface area contributed by atoms with Gasteiger partial charge >= 0.3 is 23.9 Å². The molecule has 0 unspecified atom stereocenters. The Morgan fingerprint density at radius 1 is 0.892 bits per heavy atom. The number of hydrogen-bond donors (Lipinski definition) is 1. The van der Waals surface area contributed by atoms with E-state index in [2.05, 4.69) is 6.58 Å². The minimum atomic E-state index is -0.994. The Morgan fingerprint density at radius 2 is 1.43 bits per heavy atom. The van der Waals surface area contributed by atoms with Crippen LogP contribution in [-0.4, -0.2) is 59.5 Å². The Balaban J connectivity index is 2.43. The third-order valence-corrected chi connectivity index (χ3v) is 8.62. The van der Waals surface area contributed by atoms with Crippen LogP contribution in [0.2, 0.25) is 0 Å². The van der Waals surface area contributed by atoms with Crippen molar-refractivity contribution in [1.29, 1.82) is 0 Å². The van der Waals surface area contributed by atoms with Crippen LogP contribution in [0.1, 0.15) is 74.7 Å². The lowest BCUT2D eigenvalue weighted by Gasteiger charge is -2.60. The molecule has 3 aliphatic carbocycles.